The van der Waals surface area contributed by atoms with Crippen LogP contribution in [0.5, 0.6) is 0 Å². The van der Waals surface area contributed by atoms with Crippen molar-refractivity contribution in [2.75, 3.05) is 25.0 Å². The van der Waals surface area contributed by atoms with Gasteiger partial charge in [-0.15, -0.1) is 0 Å². The molecule has 1 aromatic heterocycles. The van der Waals surface area contributed by atoms with Crippen molar-refractivity contribution >= 4 is 5.82 Å². The molecule has 0 radical (unpaired) electrons. The van der Waals surface area contributed by atoms with Crippen LogP contribution in [0.1, 0.15) is 36.1 Å². The minimum atomic E-state index is 0.697. The number of pyridine rings is 1. The van der Waals surface area contributed by atoms with Gasteiger partial charge in [0.05, 0.1) is 5.56 Å². The molecule has 2 heterocycles. The molecule has 1 fully saturated rings. The fourth-order valence-electron chi connectivity index (χ4n) is 3.02. The van der Waals surface area contributed by atoms with E-state index in [1.54, 1.807) is 0 Å². The minimum absolute atomic E-state index is 0.697. The van der Waals surface area contributed by atoms with Gasteiger partial charge in [0.15, 0.2) is 0 Å². The van der Waals surface area contributed by atoms with Gasteiger partial charge >= 0.3 is 0 Å². The standard InChI is InChI=1S/C15H20N4/c16-9-13-8-12-2-1-3-14(12)19-15(13)18-10-11-4-6-17-7-5-11/h8,11,17H,1-7,10H2,(H,18,19). The van der Waals surface area contributed by atoms with Gasteiger partial charge in [0.1, 0.15) is 11.9 Å². The molecule has 0 amide bonds. The molecule has 1 saturated heterocycles. The van der Waals surface area contributed by atoms with E-state index in [4.69, 9.17) is 0 Å². The van der Waals surface area contributed by atoms with Crippen LogP contribution in [0.3, 0.4) is 0 Å². The van der Waals surface area contributed by atoms with E-state index < -0.39 is 0 Å². The Morgan fingerprint density at radius 2 is 2.21 bits per heavy atom. The van der Waals surface area contributed by atoms with E-state index in [9.17, 15) is 5.26 Å². The van der Waals surface area contributed by atoms with Crippen molar-refractivity contribution in [3.8, 4) is 6.07 Å². The molecular weight excluding hydrogens is 236 g/mol. The molecule has 0 bridgehead atoms. The molecule has 4 nitrogen and oxygen atoms in total. The lowest BCUT2D eigenvalue weighted by Gasteiger charge is -2.23. The first-order chi connectivity index (χ1) is 9.36. The van der Waals surface area contributed by atoms with Gasteiger partial charge in [0.25, 0.3) is 0 Å². The number of hydrogen-bond acceptors (Lipinski definition) is 4. The van der Waals surface area contributed by atoms with Gasteiger partial charge in [-0.2, -0.15) is 5.26 Å². The predicted molar refractivity (Wildman–Crippen MR) is 75.1 cm³/mol. The highest BCUT2D eigenvalue weighted by Gasteiger charge is 2.18. The van der Waals surface area contributed by atoms with E-state index in [-0.39, 0.29) is 0 Å². The normalized spacial score (nSPS) is 18.9. The molecule has 0 spiro atoms. The third-order valence-electron chi connectivity index (χ3n) is 4.19. The number of aryl methyl sites for hydroxylation is 2. The Morgan fingerprint density at radius 1 is 1.37 bits per heavy atom. The number of fused-ring (bicyclic) bond motifs is 1. The number of nitrogens with one attached hydrogen (secondary N) is 2. The van der Waals surface area contributed by atoms with Gasteiger partial charge < -0.3 is 10.6 Å². The summed E-state index contributed by atoms with van der Waals surface area (Å²) in [5.74, 6) is 1.49. The van der Waals surface area contributed by atoms with Gasteiger partial charge in [0, 0.05) is 12.2 Å². The smallest absolute Gasteiger partial charge is 0.144 e. The summed E-state index contributed by atoms with van der Waals surface area (Å²) in [6.45, 7) is 3.15. The van der Waals surface area contributed by atoms with Crippen molar-refractivity contribution in [2.45, 2.75) is 32.1 Å². The second-order valence-electron chi connectivity index (χ2n) is 5.53. The minimum Gasteiger partial charge on any atom is -0.369 e. The summed E-state index contributed by atoms with van der Waals surface area (Å²) in [4.78, 5) is 4.66. The molecule has 0 atom stereocenters. The van der Waals surface area contributed by atoms with Crippen LogP contribution in [0, 0.1) is 17.2 Å². The summed E-state index contributed by atoms with van der Waals surface area (Å²) in [5, 5.41) is 16.0. The fraction of sp³-hybridized carbons (Fsp3) is 0.600. The van der Waals surface area contributed by atoms with Crippen LogP contribution < -0.4 is 10.6 Å². The highest BCUT2D eigenvalue weighted by atomic mass is 15.0. The number of nitriles is 1. The number of anilines is 1. The monoisotopic (exact) mass is 256 g/mol. The lowest BCUT2D eigenvalue weighted by molar-refractivity contribution is 0.389. The van der Waals surface area contributed by atoms with Crippen molar-refractivity contribution in [2.24, 2.45) is 5.92 Å². The summed E-state index contributed by atoms with van der Waals surface area (Å²) in [7, 11) is 0. The Balaban J connectivity index is 1.71. The zero-order chi connectivity index (χ0) is 13.1. The molecule has 2 N–H and O–H groups in total. The first kappa shape index (κ1) is 12.4. The molecule has 1 aliphatic heterocycles. The number of rotatable bonds is 3. The summed E-state index contributed by atoms with van der Waals surface area (Å²) in [6.07, 6.45) is 5.72. The number of nitrogens with zero attached hydrogens (tertiary/aromatic N) is 2. The van der Waals surface area contributed by atoms with Crippen LogP contribution in [0.4, 0.5) is 5.82 Å². The quantitative estimate of drug-likeness (QED) is 0.866. The highest BCUT2D eigenvalue weighted by Crippen LogP contribution is 2.25. The van der Waals surface area contributed by atoms with E-state index in [2.05, 4.69) is 21.7 Å². The molecule has 1 aliphatic carbocycles. The lowest BCUT2D eigenvalue weighted by Crippen LogP contribution is -2.31. The van der Waals surface area contributed by atoms with E-state index in [1.165, 1.54) is 30.5 Å². The summed E-state index contributed by atoms with van der Waals surface area (Å²) in [5.41, 5.74) is 3.16. The van der Waals surface area contributed by atoms with E-state index in [0.717, 1.165) is 38.3 Å². The van der Waals surface area contributed by atoms with Gasteiger partial charge in [-0.25, -0.2) is 4.98 Å². The summed E-state index contributed by atoms with van der Waals surface area (Å²) < 4.78 is 0. The van der Waals surface area contributed by atoms with Crippen molar-refractivity contribution in [3.63, 3.8) is 0 Å². The molecule has 1 aromatic rings. The van der Waals surface area contributed by atoms with Crippen LogP contribution in [0.25, 0.3) is 0 Å². The second kappa shape index (κ2) is 5.58. The van der Waals surface area contributed by atoms with Crippen LogP contribution in [0.2, 0.25) is 0 Å². The van der Waals surface area contributed by atoms with E-state index >= 15 is 0 Å². The predicted octanol–water partition coefficient (Wildman–Crippen LogP) is 1.85. The molecular formula is C15H20N4. The molecule has 19 heavy (non-hydrogen) atoms. The Labute approximate surface area is 114 Å². The van der Waals surface area contributed by atoms with Gasteiger partial charge in [0.2, 0.25) is 0 Å². The second-order valence-corrected chi connectivity index (χ2v) is 5.53. The molecule has 100 valence electrons. The molecule has 2 aliphatic rings. The molecule has 3 rings (SSSR count). The van der Waals surface area contributed by atoms with Crippen molar-refractivity contribution in [1.29, 1.82) is 5.26 Å². The average molecular weight is 256 g/mol. The number of piperidine rings is 1. The molecule has 0 unspecified atom stereocenters. The number of aromatic nitrogens is 1. The maximum absolute atomic E-state index is 9.25. The lowest BCUT2D eigenvalue weighted by atomic mass is 9.98. The topological polar surface area (TPSA) is 60.7 Å². The van der Waals surface area contributed by atoms with Crippen molar-refractivity contribution in [3.05, 3.63) is 22.9 Å². The molecule has 0 aromatic carbocycles. The average Bonchev–Trinajstić information content (AvgIpc) is 2.92. The third kappa shape index (κ3) is 2.71. The zero-order valence-electron chi connectivity index (χ0n) is 11.2. The molecule has 4 heteroatoms. The summed E-state index contributed by atoms with van der Waals surface area (Å²) in [6, 6.07) is 4.30. The van der Waals surface area contributed by atoms with Crippen molar-refractivity contribution in [1.82, 2.24) is 10.3 Å². The van der Waals surface area contributed by atoms with Gasteiger partial charge in [-0.1, -0.05) is 0 Å². The molecule has 0 saturated carbocycles. The SMILES string of the molecule is N#Cc1cc2c(nc1NCC1CCNCC1)CCC2. The first-order valence-electron chi connectivity index (χ1n) is 7.24. The van der Waals surface area contributed by atoms with Gasteiger partial charge in [-0.3, -0.25) is 0 Å². The first-order valence-corrected chi connectivity index (χ1v) is 7.24. The fourth-order valence-corrected chi connectivity index (χ4v) is 3.02. The maximum atomic E-state index is 9.25. The Morgan fingerprint density at radius 3 is 3.00 bits per heavy atom. The Bertz CT molecular complexity index is 498. The van der Waals surface area contributed by atoms with Crippen LogP contribution in [-0.2, 0) is 12.8 Å². The largest absolute Gasteiger partial charge is 0.369 e. The Hall–Kier alpha value is -1.60. The highest BCUT2D eigenvalue weighted by molar-refractivity contribution is 5.55. The summed E-state index contributed by atoms with van der Waals surface area (Å²) >= 11 is 0. The van der Waals surface area contributed by atoms with Gasteiger partial charge in [-0.05, 0) is 62.7 Å². The van der Waals surface area contributed by atoms with Crippen molar-refractivity contribution < 1.29 is 0 Å². The zero-order valence-corrected chi connectivity index (χ0v) is 11.2. The Kier molecular flexibility index (Phi) is 3.65. The maximum Gasteiger partial charge on any atom is 0.144 e. The van der Waals surface area contributed by atoms with Crippen LogP contribution in [0.15, 0.2) is 6.07 Å². The van der Waals surface area contributed by atoms with E-state index in [1.807, 2.05) is 6.07 Å². The van der Waals surface area contributed by atoms with Crippen LogP contribution in [-0.4, -0.2) is 24.6 Å². The third-order valence-corrected chi connectivity index (χ3v) is 4.19. The van der Waals surface area contributed by atoms with E-state index in [0.29, 0.717) is 11.5 Å². The van der Waals surface area contributed by atoms with Crippen LogP contribution >= 0.6 is 0 Å². The number of hydrogen-bond donors (Lipinski definition) is 2.